The van der Waals surface area contributed by atoms with Crippen LogP contribution in [0.2, 0.25) is 0 Å². The summed E-state index contributed by atoms with van der Waals surface area (Å²) in [6.07, 6.45) is 0. The van der Waals surface area contributed by atoms with E-state index in [0.29, 0.717) is 5.56 Å². The molecule has 2 aromatic rings. The van der Waals surface area contributed by atoms with E-state index < -0.39 is 10.2 Å². The number of fused-ring (bicyclic) bond motifs is 2. The molecule has 0 saturated heterocycles. The quantitative estimate of drug-likeness (QED) is 0.254. The Bertz CT molecular complexity index is 1450. The van der Waals surface area contributed by atoms with Gasteiger partial charge in [-0.1, -0.05) is 18.2 Å². The summed E-state index contributed by atoms with van der Waals surface area (Å²) in [7, 11) is -3.53. The third kappa shape index (κ3) is 6.65. The van der Waals surface area contributed by atoms with E-state index in [1.807, 2.05) is 36.4 Å². The van der Waals surface area contributed by atoms with Gasteiger partial charge in [0.25, 0.3) is 0 Å². The van der Waals surface area contributed by atoms with Gasteiger partial charge in [0.05, 0.1) is 18.7 Å². The predicted molar refractivity (Wildman–Crippen MR) is 128 cm³/mol. The Kier molecular flexibility index (Phi) is 8.90. The summed E-state index contributed by atoms with van der Waals surface area (Å²) < 4.78 is 45.5. The largest absolute Gasteiger partial charge is 0.465 e. The van der Waals surface area contributed by atoms with Gasteiger partial charge in [0.2, 0.25) is 5.36 Å². The van der Waals surface area contributed by atoms with Gasteiger partial charge >= 0.3 is 5.97 Å². The lowest BCUT2D eigenvalue weighted by molar-refractivity contribution is -2.00. The highest BCUT2D eigenvalue weighted by molar-refractivity contribution is 6.08. The summed E-state index contributed by atoms with van der Waals surface area (Å²) in [5, 5.41) is 5.41. The molecule has 0 radical (unpaired) electrons. The summed E-state index contributed by atoms with van der Waals surface area (Å²) >= 11 is 0. The molecule has 1 heterocycles. The molecule has 2 aliphatic rings. The molecule has 37 heavy (non-hydrogen) atoms. The minimum absolute atomic E-state index is 0.357. The Balaban J connectivity index is 0.000000695. The third-order valence-corrected chi connectivity index (χ3v) is 5.75. The van der Waals surface area contributed by atoms with Gasteiger partial charge in [0.1, 0.15) is 17.9 Å². The van der Waals surface area contributed by atoms with Crippen LogP contribution in [-0.2, 0) is 4.74 Å². The Morgan fingerprint density at radius 2 is 1.68 bits per heavy atom. The lowest BCUT2D eigenvalue weighted by atomic mass is 9.89. The van der Waals surface area contributed by atoms with Crippen LogP contribution >= 0.6 is 0 Å². The average molecular weight is 529 g/mol. The highest BCUT2D eigenvalue weighted by atomic mass is 35.7. The molecule has 0 aromatic heterocycles. The normalized spacial score (nSPS) is 11.9. The number of carbonyl (C=O) groups is 1. The number of hydrogen-bond donors (Lipinski definition) is 2. The highest BCUT2D eigenvalue weighted by Crippen LogP contribution is 2.42. The van der Waals surface area contributed by atoms with Crippen molar-refractivity contribution in [2.24, 2.45) is 0 Å². The zero-order valence-corrected chi connectivity index (χ0v) is 22.0. The zero-order chi connectivity index (χ0) is 27.3. The van der Waals surface area contributed by atoms with Gasteiger partial charge in [-0.25, -0.2) is 28.4 Å². The topological polar surface area (TPSA) is 158 Å². The van der Waals surface area contributed by atoms with Crippen molar-refractivity contribution < 1.29 is 47.8 Å². The molecular formula is C27H29ClN2O7. The van der Waals surface area contributed by atoms with E-state index in [1.165, 1.54) is 7.11 Å². The van der Waals surface area contributed by atoms with E-state index in [2.05, 4.69) is 50.1 Å². The number of methoxy groups -OCH3 is 1. The number of benzene rings is 3. The first-order valence-corrected chi connectivity index (χ1v) is 12.8. The van der Waals surface area contributed by atoms with E-state index in [9.17, 15) is 4.79 Å². The number of aryl methyl sites for hydroxylation is 2. The first-order valence-electron chi connectivity index (χ1n) is 11.6. The van der Waals surface area contributed by atoms with Crippen LogP contribution in [0.3, 0.4) is 0 Å². The number of carbonyl (C=O) groups excluding carboxylic acids is 1. The number of ether oxygens (including phenoxy) is 1. The molecule has 1 aliphatic heterocycles. The Hall–Kier alpha value is -3.47. The number of esters is 1. The Labute approximate surface area is 216 Å². The fraction of sp³-hybridized carbons (Fsp3) is 0.259. The van der Waals surface area contributed by atoms with Crippen LogP contribution in [0.15, 0.2) is 52.9 Å². The van der Waals surface area contributed by atoms with Gasteiger partial charge in [-0.05, 0) is 57.0 Å². The highest BCUT2D eigenvalue weighted by Gasteiger charge is 2.23. The second-order valence-corrected chi connectivity index (χ2v) is 9.04. The Morgan fingerprint density at radius 3 is 2.30 bits per heavy atom. The lowest BCUT2D eigenvalue weighted by Crippen LogP contribution is -2.76. The molecule has 4 rings (SSSR count). The van der Waals surface area contributed by atoms with Crippen molar-refractivity contribution in [2.75, 3.05) is 25.5 Å². The molecule has 2 N–H and O–H groups in total. The zero-order valence-electron chi connectivity index (χ0n) is 21.3. The maximum absolute atomic E-state index is 12.6. The third-order valence-electron chi connectivity index (χ3n) is 5.75. The van der Waals surface area contributed by atoms with Crippen LogP contribution in [0, 0.1) is 24.1 Å². The van der Waals surface area contributed by atoms with Crippen molar-refractivity contribution in [1.29, 1.82) is 0 Å². The van der Waals surface area contributed by atoms with Gasteiger partial charge in [-0.2, -0.15) is 0 Å². The maximum atomic E-state index is 12.6. The van der Waals surface area contributed by atoms with Crippen molar-refractivity contribution in [3.05, 3.63) is 70.6 Å². The summed E-state index contributed by atoms with van der Waals surface area (Å²) in [5.41, 5.74) is 7.33. The summed E-state index contributed by atoms with van der Waals surface area (Å²) in [6, 6.07) is 15.9. The molecule has 0 unspecified atom stereocenters. The summed E-state index contributed by atoms with van der Waals surface area (Å²) in [4.78, 5) is 16.0. The van der Waals surface area contributed by atoms with E-state index in [1.54, 1.807) is 0 Å². The first-order chi connectivity index (χ1) is 17.5. The number of halogens is 1. The smallest absolute Gasteiger partial charge is 0.338 e. The van der Waals surface area contributed by atoms with Crippen molar-refractivity contribution in [3.63, 3.8) is 0 Å². The van der Waals surface area contributed by atoms with Gasteiger partial charge < -0.3 is 14.5 Å². The molecule has 0 fully saturated rings. The van der Waals surface area contributed by atoms with Gasteiger partial charge in [0, 0.05) is 40.4 Å². The standard InChI is InChI=1S/C27H28N2O3.ClHO4/c1-6-28-22-14-24-20(12-16(22)3)26(18-10-8-9-11-19(18)27(30)31-5)21-13-17(4)23(29-7-2)15-25(21)32-24;2-1(3,4)5/h8-15,28H,6-7H2,1-5H3;(H,2,3,4,5). The molecule has 2 aromatic carbocycles. The second-order valence-electron chi connectivity index (χ2n) is 8.28. The van der Waals surface area contributed by atoms with Crippen LogP contribution in [0.25, 0.3) is 33.4 Å². The molecule has 10 heteroatoms. The van der Waals surface area contributed by atoms with E-state index in [0.717, 1.165) is 68.7 Å². The fourth-order valence-electron chi connectivity index (χ4n) is 4.24. The summed E-state index contributed by atoms with van der Waals surface area (Å²) in [6.45, 7) is 9.95. The van der Waals surface area contributed by atoms with Crippen LogP contribution < -0.4 is 34.3 Å². The summed E-state index contributed by atoms with van der Waals surface area (Å²) in [5.74, 6) is 0.407. The molecule has 9 nitrogen and oxygen atoms in total. The first kappa shape index (κ1) is 28.1. The molecular weight excluding hydrogens is 500 g/mol. The van der Waals surface area contributed by atoms with Gasteiger partial charge in [-0.15, -0.1) is 10.2 Å². The average Bonchev–Trinajstić information content (AvgIpc) is 2.83. The monoisotopic (exact) mass is 528 g/mol. The maximum Gasteiger partial charge on any atom is 0.338 e. The number of hydrogen-bond acceptors (Lipinski definition) is 8. The SMILES string of the molecule is CCNc1cc2oc3cc(=[NH+]CC)c(C)cc-3c(-c3ccccc3C(=O)OC)c2cc1C.[O-][Cl+3]([O-])([O-])[O-]. The molecule has 0 amide bonds. The second kappa shape index (κ2) is 11.7. The van der Waals surface area contributed by atoms with Crippen LogP contribution in [0.1, 0.15) is 35.3 Å². The van der Waals surface area contributed by atoms with Crippen molar-refractivity contribution in [2.45, 2.75) is 27.7 Å². The Morgan fingerprint density at radius 1 is 1.00 bits per heavy atom. The van der Waals surface area contributed by atoms with Crippen molar-refractivity contribution in [3.8, 4) is 22.5 Å². The van der Waals surface area contributed by atoms with Crippen molar-refractivity contribution in [1.82, 2.24) is 0 Å². The van der Waals surface area contributed by atoms with E-state index in [4.69, 9.17) is 27.8 Å². The fourth-order valence-corrected chi connectivity index (χ4v) is 4.24. The minimum atomic E-state index is -4.94. The molecule has 0 saturated carbocycles. The molecule has 0 spiro atoms. The lowest BCUT2D eigenvalue weighted by Gasteiger charge is -2.19. The predicted octanol–water partition coefficient (Wildman–Crippen LogP) is -0.715. The van der Waals surface area contributed by atoms with E-state index >= 15 is 0 Å². The molecule has 1 aliphatic carbocycles. The van der Waals surface area contributed by atoms with Crippen LogP contribution in [-0.4, -0.2) is 26.2 Å². The van der Waals surface area contributed by atoms with Crippen molar-refractivity contribution >= 4 is 22.6 Å². The van der Waals surface area contributed by atoms with Gasteiger partial charge in [0.15, 0.2) is 0 Å². The van der Waals surface area contributed by atoms with Crippen LogP contribution in [0.4, 0.5) is 5.69 Å². The number of anilines is 1. The number of nitrogens with one attached hydrogen (secondary N) is 2. The van der Waals surface area contributed by atoms with Crippen LogP contribution in [0.5, 0.6) is 0 Å². The molecule has 0 atom stereocenters. The number of rotatable bonds is 5. The minimum Gasteiger partial charge on any atom is -0.465 e. The molecule has 196 valence electrons. The van der Waals surface area contributed by atoms with Gasteiger partial charge in [-0.3, -0.25) is 0 Å². The van der Waals surface area contributed by atoms with E-state index in [-0.39, 0.29) is 5.97 Å². The molecule has 0 bridgehead atoms.